The summed E-state index contributed by atoms with van der Waals surface area (Å²) in [6.07, 6.45) is 0. The van der Waals surface area contributed by atoms with Crippen LogP contribution in [-0.2, 0) is 4.79 Å². The van der Waals surface area contributed by atoms with E-state index in [9.17, 15) is 4.79 Å². The summed E-state index contributed by atoms with van der Waals surface area (Å²) in [6, 6.07) is 8.59. The van der Waals surface area contributed by atoms with Crippen molar-refractivity contribution >= 4 is 17.7 Å². The molecular weight excluding hydrogens is 258 g/mol. The number of benzene rings is 1. The van der Waals surface area contributed by atoms with Gasteiger partial charge in [-0.25, -0.2) is 0 Å². The molecule has 104 valence electrons. The Hall–Kier alpha value is -1.00. The average Bonchev–Trinajstić information content (AvgIpc) is 2.33. The van der Waals surface area contributed by atoms with Crippen molar-refractivity contribution < 1.29 is 9.90 Å². The summed E-state index contributed by atoms with van der Waals surface area (Å²) in [5, 5.41) is 8.93. The molecule has 4 heteroatoms. The van der Waals surface area contributed by atoms with Crippen LogP contribution in [-0.4, -0.2) is 41.4 Å². The number of carbonyl (C=O) groups is 1. The van der Waals surface area contributed by atoms with Crippen molar-refractivity contribution in [2.75, 3.05) is 25.4 Å². The van der Waals surface area contributed by atoms with Gasteiger partial charge in [0.2, 0.25) is 0 Å². The second-order valence-electron chi connectivity index (χ2n) is 5.31. The van der Waals surface area contributed by atoms with Gasteiger partial charge < -0.3 is 10.0 Å². The molecule has 1 aromatic carbocycles. The van der Waals surface area contributed by atoms with Crippen LogP contribution in [0.5, 0.6) is 0 Å². The average molecular weight is 279 g/mol. The Morgan fingerprint density at radius 1 is 1.42 bits per heavy atom. The molecule has 1 aromatic rings. The summed E-state index contributed by atoms with van der Waals surface area (Å²) in [5.41, 5.74) is 1.29. The lowest BCUT2D eigenvalue weighted by Gasteiger charge is -2.41. The number of rotatable bonds is 6. The van der Waals surface area contributed by atoms with Crippen molar-refractivity contribution in [2.45, 2.75) is 18.7 Å². The van der Waals surface area contributed by atoms with Crippen LogP contribution in [0.1, 0.15) is 12.5 Å². The van der Waals surface area contributed by atoms with Gasteiger partial charge >= 0.3 is 5.97 Å². The highest BCUT2D eigenvalue weighted by atomic mass is 32.2. The molecule has 0 saturated carbocycles. The predicted octanol–water partition coefficient (Wildman–Crippen LogP) is 2.74. The molecule has 2 rings (SSSR count). The number of aliphatic carboxylic acids is 1. The van der Waals surface area contributed by atoms with Crippen molar-refractivity contribution in [3.05, 3.63) is 29.8 Å². The van der Waals surface area contributed by atoms with Gasteiger partial charge in [-0.05, 0) is 25.0 Å². The molecular formula is C15H21NO2S. The van der Waals surface area contributed by atoms with E-state index in [2.05, 4.69) is 36.1 Å². The maximum absolute atomic E-state index is 10.8. The third-order valence-corrected chi connectivity index (χ3v) is 4.77. The van der Waals surface area contributed by atoms with Gasteiger partial charge in [-0.3, -0.25) is 4.79 Å². The fourth-order valence-electron chi connectivity index (χ4n) is 2.24. The molecule has 1 unspecified atom stereocenters. The largest absolute Gasteiger partial charge is 0.481 e. The van der Waals surface area contributed by atoms with E-state index in [1.807, 2.05) is 18.7 Å². The van der Waals surface area contributed by atoms with Crippen molar-refractivity contribution in [1.82, 2.24) is 4.90 Å². The van der Waals surface area contributed by atoms with Crippen LogP contribution in [0.25, 0.3) is 0 Å². The zero-order valence-corrected chi connectivity index (χ0v) is 12.3. The lowest BCUT2D eigenvalue weighted by Crippen LogP contribution is -2.51. The van der Waals surface area contributed by atoms with E-state index in [0.29, 0.717) is 5.92 Å². The summed E-state index contributed by atoms with van der Waals surface area (Å²) < 4.78 is 0. The molecule has 0 aromatic heterocycles. The van der Waals surface area contributed by atoms with E-state index in [1.165, 1.54) is 10.5 Å². The van der Waals surface area contributed by atoms with Crippen LogP contribution < -0.4 is 0 Å². The minimum Gasteiger partial charge on any atom is -0.481 e. The van der Waals surface area contributed by atoms with Gasteiger partial charge in [-0.1, -0.05) is 24.6 Å². The highest BCUT2D eigenvalue weighted by Crippen LogP contribution is 2.25. The maximum atomic E-state index is 10.8. The number of carboxylic acids is 1. The number of carboxylic acid groups (broad SMARTS) is 1. The Morgan fingerprint density at radius 2 is 2.05 bits per heavy atom. The number of likely N-dealkylation sites (tertiary alicyclic amines) is 1. The summed E-state index contributed by atoms with van der Waals surface area (Å²) >= 11 is 1.86. The molecule has 0 radical (unpaired) electrons. The number of hydrogen-bond donors (Lipinski definition) is 1. The minimum absolute atomic E-state index is 0.207. The smallest absolute Gasteiger partial charge is 0.306 e. The highest BCUT2D eigenvalue weighted by Gasteiger charge is 2.33. The van der Waals surface area contributed by atoms with Crippen molar-refractivity contribution in [3.8, 4) is 0 Å². The van der Waals surface area contributed by atoms with E-state index < -0.39 is 5.97 Å². The van der Waals surface area contributed by atoms with Gasteiger partial charge in [-0.15, -0.1) is 11.8 Å². The molecule has 3 nitrogen and oxygen atoms in total. The Bertz CT molecular complexity index is 426. The Labute approximate surface area is 119 Å². The summed E-state index contributed by atoms with van der Waals surface area (Å²) in [4.78, 5) is 14.5. The van der Waals surface area contributed by atoms with Crippen LogP contribution in [0.15, 0.2) is 29.2 Å². The molecule has 19 heavy (non-hydrogen) atoms. The van der Waals surface area contributed by atoms with E-state index in [4.69, 9.17) is 5.11 Å². The first-order chi connectivity index (χ1) is 9.06. The van der Waals surface area contributed by atoms with Gasteiger partial charge in [0.1, 0.15) is 0 Å². The van der Waals surface area contributed by atoms with Crippen LogP contribution in [0, 0.1) is 18.8 Å². The molecule has 1 atom stereocenters. The van der Waals surface area contributed by atoms with Crippen molar-refractivity contribution in [2.24, 2.45) is 11.8 Å². The summed E-state index contributed by atoms with van der Waals surface area (Å²) in [7, 11) is 0. The maximum Gasteiger partial charge on any atom is 0.306 e. The van der Waals surface area contributed by atoms with Crippen molar-refractivity contribution in [1.29, 1.82) is 0 Å². The summed E-state index contributed by atoms with van der Waals surface area (Å²) in [5.74, 6) is 0.526. The third-order valence-electron chi connectivity index (χ3n) is 3.78. The second kappa shape index (κ2) is 6.44. The van der Waals surface area contributed by atoms with E-state index in [1.54, 1.807) is 0 Å². The molecule has 1 aliphatic rings. The standard InChI is InChI=1S/C15H21NO2S/c1-11-3-5-14(6-4-11)19-8-7-16-9-13(10-16)12(2)15(17)18/h3-6,12-13H,7-10H2,1-2H3,(H,17,18). The molecule has 0 spiro atoms. The van der Waals surface area contributed by atoms with E-state index in [-0.39, 0.29) is 5.92 Å². The highest BCUT2D eigenvalue weighted by molar-refractivity contribution is 7.99. The Balaban J connectivity index is 1.63. The number of nitrogens with zero attached hydrogens (tertiary/aromatic N) is 1. The Morgan fingerprint density at radius 3 is 2.63 bits per heavy atom. The number of thioether (sulfide) groups is 1. The second-order valence-corrected chi connectivity index (χ2v) is 6.48. The first-order valence-corrected chi connectivity index (χ1v) is 7.69. The normalized spacial score (nSPS) is 18.0. The summed E-state index contributed by atoms with van der Waals surface area (Å²) in [6.45, 7) is 6.81. The Kier molecular flexibility index (Phi) is 4.88. The van der Waals surface area contributed by atoms with Crippen LogP contribution >= 0.6 is 11.8 Å². The lowest BCUT2D eigenvalue weighted by atomic mass is 9.87. The minimum atomic E-state index is -0.668. The monoisotopic (exact) mass is 279 g/mol. The van der Waals surface area contributed by atoms with Gasteiger partial charge in [0.15, 0.2) is 0 Å². The SMILES string of the molecule is Cc1ccc(SCCN2CC(C(C)C(=O)O)C2)cc1. The molecule has 1 saturated heterocycles. The first kappa shape index (κ1) is 14.4. The van der Waals surface area contributed by atoms with Gasteiger partial charge in [0.25, 0.3) is 0 Å². The molecule has 1 aliphatic heterocycles. The van der Waals surface area contributed by atoms with Crippen LogP contribution in [0.2, 0.25) is 0 Å². The van der Waals surface area contributed by atoms with Crippen LogP contribution in [0.4, 0.5) is 0 Å². The van der Waals surface area contributed by atoms with Gasteiger partial charge in [0, 0.05) is 30.3 Å². The quantitative estimate of drug-likeness (QED) is 0.813. The fourth-order valence-corrected chi connectivity index (χ4v) is 3.15. The zero-order valence-electron chi connectivity index (χ0n) is 11.5. The van der Waals surface area contributed by atoms with Crippen LogP contribution in [0.3, 0.4) is 0 Å². The first-order valence-electron chi connectivity index (χ1n) is 6.71. The van der Waals surface area contributed by atoms with Gasteiger partial charge in [-0.2, -0.15) is 0 Å². The van der Waals surface area contributed by atoms with E-state index >= 15 is 0 Å². The molecule has 0 aliphatic carbocycles. The molecule has 0 bridgehead atoms. The molecule has 1 heterocycles. The van der Waals surface area contributed by atoms with Gasteiger partial charge in [0.05, 0.1) is 5.92 Å². The van der Waals surface area contributed by atoms with E-state index in [0.717, 1.165) is 25.4 Å². The number of hydrogen-bond acceptors (Lipinski definition) is 3. The molecule has 1 N–H and O–H groups in total. The predicted molar refractivity (Wildman–Crippen MR) is 78.6 cm³/mol. The topological polar surface area (TPSA) is 40.5 Å². The fraction of sp³-hybridized carbons (Fsp3) is 0.533. The zero-order chi connectivity index (χ0) is 13.8. The molecule has 1 fully saturated rings. The lowest BCUT2D eigenvalue weighted by molar-refractivity contribution is -0.145. The third kappa shape index (κ3) is 3.98. The van der Waals surface area contributed by atoms with Crippen molar-refractivity contribution in [3.63, 3.8) is 0 Å². The molecule has 0 amide bonds. The number of aryl methyl sites for hydroxylation is 1.